The molecule has 0 aromatic carbocycles. The standard InChI is InChI=1S/C10H18N2O/c1-2-3-4-7-12-10(13)9-6-5-8-11-9/h2-3,9,11H,4-8H2,1H3,(H,12,13)/b3-2+/t9-/m0/s1. The van der Waals surface area contributed by atoms with Gasteiger partial charge in [-0.1, -0.05) is 12.2 Å². The zero-order valence-electron chi connectivity index (χ0n) is 8.18. The summed E-state index contributed by atoms with van der Waals surface area (Å²) in [6.07, 6.45) is 7.08. The molecule has 0 saturated carbocycles. The van der Waals surface area contributed by atoms with E-state index >= 15 is 0 Å². The lowest BCUT2D eigenvalue weighted by Crippen LogP contribution is -2.40. The van der Waals surface area contributed by atoms with Gasteiger partial charge in [-0.25, -0.2) is 0 Å². The van der Waals surface area contributed by atoms with Crippen molar-refractivity contribution in [2.75, 3.05) is 13.1 Å². The Bertz CT molecular complexity index is 183. The van der Waals surface area contributed by atoms with Gasteiger partial charge in [0.1, 0.15) is 0 Å². The highest BCUT2D eigenvalue weighted by Crippen LogP contribution is 2.04. The lowest BCUT2D eigenvalue weighted by atomic mass is 10.2. The molecule has 0 aromatic rings. The lowest BCUT2D eigenvalue weighted by molar-refractivity contribution is -0.122. The largest absolute Gasteiger partial charge is 0.354 e. The number of carbonyl (C=O) groups is 1. The first-order chi connectivity index (χ1) is 6.34. The Morgan fingerprint density at radius 3 is 3.15 bits per heavy atom. The van der Waals surface area contributed by atoms with Gasteiger partial charge in [-0.05, 0) is 32.7 Å². The van der Waals surface area contributed by atoms with Crippen molar-refractivity contribution in [1.82, 2.24) is 10.6 Å². The number of hydrogen-bond acceptors (Lipinski definition) is 2. The van der Waals surface area contributed by atoms with Crippen LogP contribution in [-0.2, 0) is 4.79 Å². The number of amides is 1. The molecule has 1 aliphatic rings. The minimum Gasteiger partial charge on any atom is -0.354 e. The van der Waals surface area contributed by atoms with Crippen LogP contribution in [0.1, 0.15) is 26.2 Å². The van der Waals surface area contributed by atoms with Crippen LogP contribution in [0.4, 0.5) is 0 Å². The van der Waals surface area contributed by atoms with Crippen LogP contribution in [0.25, 0.3) is 0 Å². The van der Waals surface area contributed by atoms with E-state index in [4.69, 9.17) is 0 Å². The molecule has 0 radical (unpaired) electrons. The van der Waals surface area contributed by atoms with E-state index in [1.165, 1.54) is 0 Å². The molecule has 3 heteroatoms. The summed E-state index contributed by atoms with van der Waals surface area (Å²) in [7, 11) is 0. The maximum absolute atomic E-state index is 11.4. The van der Waals surface area contributed by atoms with Crippen LogP contribution >= 0.6 is 0 Å². The van der Waals surface area contributed by atoms with Gasteiger partial charge < -0.3 is 10.6 Å². The second-order valence-electron chi connectivity index (χ2n) is 3.30. The molecule has 74 valence electrons. The Balaban J connectivity index is 2.09. The number of hydrogen-bond donors (Lipinski definition) is 2. The summed E-state index contributed by atoms with van der Waals surface area (Å²) in [5.74, 6) is 0.155. The van der Waals surface area contributed by atoms with Gasteiger partial charge in [0.2, 0.25) is 5.91 Å². The van der Waals surface area contributed by atoms with Crippen molar-refractivity contribution in [3.8, 4) is 0 Å². The summed E-state index contributed by atoms with van der Waals surface area (Å²) in [4.78, 5) is 11.4. The third-order valence-corrected chi connectivity index (χ3v) is 2.22. The van der Waals surface area contributed by atoms with Crippen molar-refractivity contribution in [3.05, 3.63) is 12.2 Å². The van der Waals surface area contributed by atoms with Crippen LogP contribution in [0.5, 0.6) is 0 Å². The molecule has 2 N–H and O–H groups in total. The summed E-state index contributed by atoms with van der Waals surface area (Å²) >= 11 is 0. The van der Waals surface area contributed by atoms with Crippen molar-refractivity contribution in [2.45, 2.75) is 32.2 Å². The average Bonchev–Trinajstić information content (AvgIpc) is 2.65. The predicted octanol–water partition coefficient (Wildman–Crippen LogP) is 0.821. The number of nitrogens with one attached hydrogen (secondary N) is 2. The molecule has 0 unspecified atom stereocenters. The highest BCUT2D eigenvalue weighted by Gasteiger charge is 2.20. The fraction of sp³-hybridized carbons (Fsp3) is 0.700. The van der Waals surface area contributed by atoms with Gasteiger partial charge in [0.05, 0.1) is 6.04 Å². The molecule has 1 rings (SSSR count). The monoisotopic (exact) mass is 182 g/mol. The van der Waals surface area contributed by atoms with Crippen LogP contribution in [0, 0.1) is 0 Å². The highest BCUT2D eigenvalue weighted by atomic mass is 16.2. The second kappa shape index (κ2) is 5.75. The van der Waals surface area contributed by atoms with E-state index in [0.717, 1.165) is 32.4 Å². The number of rotatable bonds is 4. The minimum absolute atomic E-state index is 0.0607. The van der Waals surface area contributed by atoms with Crippen LogP contribution in [-0.4, -0.2) is 25.0 Å². The van der Waals surface area contributed by atoms with Gasteiger partial charge >= 0.3 is 0 Å². The van der Waals surface area contributed by atoms with Gasteiger partial charge in [-0.3, -0.25) is 4.79 Å². The molecule has 0 aromatic heterocycles. The number of allylic oxidation sites excluding steroid dienone is 1. The van der Waals surface area contributed by atoms with Crippen molar-refractivity contribution in [2.24, 2.45) is 0 Å². The topological polar surface area (TPSA) is 41.1 Å². The zero-order valence-corrected chi connectivity index (χ0v) is 8.18. The van der Waals surface area contributed by atoms with E-state index in [9.17, 15) is 4.79 Å². The van der Waals surface area contributed by atoms with Crippen LogP contribution in [0.15, 0.2) is 12.2 Å². The Morgan fingerprint density at radius 1 is 1.69 bits per heavy atom. The SMILES string of the molecule is C/C=C/CCNC(=O)[C@@H]1CCCN1. The Hall–Kier alpha value is -0.830. The van der Waals surface area contributed by atoms with E-state index in [-0.39, 0.29) is 11.9 Å². The molecule has 13 heavy (non-hydrogen) atoms. The summed E-state index contributed by atoms with van der Waals surface area (Å²) in [5.41, 5.74) is 0. The van der Waals surface area contributed by atoms with Gasteiger partial charge in [-0.15, -0.1) is 0 Å². The average molecular weight is 182 g/mol. The molecule has 0 aliphatic carbocycles. The zero-order chi connectivity index (χ0) is 9.52. The molecule has 0 bridgehead atoms. The van der Waals surface area contributed by atoms with Crippen LogP contribution in [0.2, 0.25) is 0 Å². The van der Waals surface area contributed by atoms with Crippen LogP contribution in [0.3, 0.4) is 0 Å². The van der Waals surface area contributed by atoms with Gasteiger partial charge in [-0.2, -0.15) is 0 Å². The summed E-state index contributed by atoms with van der Waals surface area (Å²) < 4.78 is 0. The maximum atomic E-state index is 11.4. The third kappa shape index (κ3) is 3.59. The summed E-state index contributed by atoms with van der Waals surface area (Å²) in [5, 5.41) is 6.07. The molecule has 3 nitrogen and oxygen atoms in total. The lowest BCUT2D eigenvalue weighted by Gasteiger charge is -2.09. The molecular formula is C10H18N2O. The first-order valence-electron chi connectivity index (χ1n) is 4.97. The van der Waals surface area contributed by atoms with Crippen molar-refractivity contribution >= 4 is 5.91 Å². The van der Waals surface area contributed by atoms with E-state index in [2.05, 4.69) is 16.7 Å². The molecule has 1 fully saturated rings. The number of carbonyl (C=O) groups excluding carboxylic acids is 1. The molecule has 0 spiro atoms. The quantitative estimate of drug-likeness (QED) is 0.499. The van der Waals surface area contributed by atoms with Crippen molar-refractivity contribution in [1.29, 1.82) is 0 Å². The second-order valence-corrected chi connectivity index (χ2v) is 3.30. The smallest absolute Gasteiger partial charge is 0.237 e. The van der Waals surface area contributed by atoms with Gasteiger partial charge in [0.15, 0.2) is 0 Å². The van der Waals surface area contributed by atoms with E-state index < -0.39 is 0 Å². The van der Waals surface area contributed by atoms with Crippen molar-refractivity contribution < 1.29 is 4.79 Å². The van der Waals surface area contributed by atoms with Crippen molar-refractivity contribution in [3.63, 3.8) is 0 Å². The third-order valence-electron chi connectivity index (χ3n) is 2.22. The Morgan fingerprint density at radius 2 is 2.54 bits per heavy atom. The Labute approximate surface area is 79.6 Å². The molecular weight excluding hydrogens is 164 g/mol. The summed E-state index contributed by atoms with van der Waals surface area (Å²) in [6, 6.07) is 0.0607. The van der Waals surface area contributed by atoms with E-state index in [1.807, 2.05) is 13.0 Å². The molecule has 1 aliphatic heterocycles. The first-order valence-corrected chi connectivity index (χ1v) is 4.97. The predicted molar refractivity (Wildman–Crippen MR) is 53.5 cm³/mol. The minimum atomic E-state index is 0.0607. The van der Waals surface area contributed by atoms with E-state index in [0.29, 0.717) is 0 Å². The fourth-order valence-electron chi connectivity index (χ4n) is 1.48. The molecule has 1 atom stereocenters. The van der Waals surface area contributed by atoms with Gasteiger partial charge in [0, 0.05) is 6.54 Å². The van der Waals surface area contributed by atoms with Gasteiger partial charge in [0.25, 0.3) is 0 Å². The molecule has 1 saturated heterocycles. The highest BCUT2D eigenvalue weighted by molar-refractivity contribution is 5.81. The summed E-state index contributed by atoms with van der Waals surface area (Å²) in [6.45, 7) is 3.72. The maximum Gasteiger partial charge on any atom is 0.237 e. The normalized spacial score (nSPS) is 22.4. The molecule has 1 amide bonds. The fourth-order valence-corrected chi connectivity index (χ4v) is 1.48. The Kier molecular flexibility index (Phi) is 4.54. The molecule has 1 heterocycles. The van der Waals surface area contributed by atoms with Crippen LogP contribution < -0.4 is 10.6 Å². The first kappa shape index (κ1) is 10.3. The van der Waals surface area contributed by atoms with E-state index in [1.54, 1.807) is 0 Å².